The van der Waals surface area contributed by atoms with Crippen molar-refractivity contribution in [3.63, 3.8) is 0 Å². The highest BCUT2D eigenvalue weighted by Crippen LogP contribution is 2.33. The summed E-state index contributed by atoms with van der Waals surface area (Å²) in [5, 5.41) is 7.61. The minimum atomic E-state index is -0.350. The molecule has 0 saturated carbocycles. The number of aromatic nitrogens is 1. The van der Waals surface area contributed by atoms with Crippen molar-refractivity contribution in [3.05, 3.63) is 70.3 Å². The summed E-state index contributed by atoms with van der Waals surface area (Å²) >= 11 is 3.46. The molecular formula is C21H23BrN2O2. The fraction of sp³-hybridized carbons (Fsp3) is 0.286. The van der Waals surface area contributed by atoms with Crippen molar-refractivity contribution in [1.29, 1.82) is 0 Å². The largest absolute Gasteiger partial charge is 0.380 e. The molecule has 136 valence electrons. The van der Waals surface area contributed by atoms with E-state index in [9.17, 15) is 0 Å². The average Bonchev–Trinajstić information content (AvgIpc) is 3.03. The van der Waals surface area contributed by atoms with Crippen LogP contribution >= 0.6 is 15.9 Å². The fourth-order valence-electron chi connectivity index (χ4n) is 2.96. The zero-order chi connectivity index (χ0) is 18.6. The number of hydrogen-bond donors (Lipinski definition) is 1. The predicted octanol–water partition coefficient (Wildman–Crippen LogP) is 5.78. The van der Waals surface area contributed by atoms with E-state index in [1.807, 2.05) is 49.4 Å². The molecule has 0 aliphatic rings. The second-order valence-corrected chi connectivity index (χ2v) is 7.37. The Hall–Kier alpha value is -2.11. The number of methoxy groups -OCH3 is 1. The summed E-state index contributed by atoms with van der Waals surface area (Å²) < 4.78 is 12.4. The van der Waals surface area contributed by atoms with Crippen LogP contribution in [0.25, 0.3) is 11.3 Å². The van der Waals surface area contributed by atoms with Crippen molar-refractivity contribution in [2.24, 2.45) is 0 Å². The molecular weight excluding hydrogens is 392 g/mol. The number of anilines is 1. The summed E-state index contributed by atoms with van der Waals surface area (Å²) in [4.78, 5) is 0. The van der Waals surface area contributed by atoms with Crippen molar-refractivity contribution in [2.45, 2.75) is 25.9 Å². The van der Waals surface area contributed by atoms with E-state index in [0.29, 0.717) is 0 Å². The van der Waals surface area contributed by atoms with Gasteiger partial charge in [0.05, 0.1) is 5.60 Å². The zero-order valence-corrected chi connectivity index (χ0v) is 16.8. The van der Waals surface area contributed by atoms with Gasteiger partial charge in [-0.3, -0.25) is 0 Å². The van der Waals surface area contributed by atoms with Crippen molar-refractivity contribution in [3.8, 4) is 11.3 Å². The third-order valence-corrected chi connectivity index (χ3v) is 5.24. The van der Waals surface area contributed by atoms with Crippen molar-refractivity contribution < 1.29 is 9.26 Å². The molecule has 0 radical (unpaired) electrons. The van der Waals surface area contributed by atoms with Crippen LogP contribution in [-0.4, -0.2) is 18.8 Å². The van der Waals surface area contributed by atoms with Gasteiger partial charge < -0.3 is 14.6 Å². The van der Waals surface area contributed by atoms with E-state index in [1.54, 1.807) is 7.11 Å². The molecule has 5 heteroatoms. The van der Waals surface area contributed by atoms with Crippen LogP contribution in [0.3, 0.4) is 0 Å². The number of rotatable bonds is 7. The number of aryl methyl sites for hydroxylation is 1. The highest BCUT2D eigenvalue weighted by atomic mass is 79.9. The molecule has 0 aliphatic carbocycles. The topological polar surface area (TPSA) is 47.3 Å². The molecule has 1 N–H and O–H groups in total. The first-order valence-electron chi connectivity index (χ1n) is 8.60. The second-order valence-electron chi connectivity index (χ2n) is 6.46. The third-order valence-electron chi connectivity index (χ3n) is 4.71. The van der Waals surface area contributed by atoms with Gasteiger partial charge in [0.2, 0.25) is 0 Å². The molecule has 1 heterocycles. The maximum atomic E-state index is 5.82. The van der Waals surface area contributed by atoms with E-state index >= 15 is 0 Å². The number of nitrogens with zero attached hydrogens (tertiary/aromatic N) is 1. The van der Waals surface area contributed by atoms with Gasteiger partial charge in [-0.25, -0.2) is 0 Å². The van der Waals surface area contributed by atoms with Crippen molar-refractivity contribution >= 4 is 21.6 Å². The molecule has 1 atom stereocenters. The standard InChI is InChI=1S/C21H23BrN2O2/c1-15-19(20(26-24-15)16-9-11-18(22)12-10-16)23-14-13-21(2,25-3)17-7-5-4-6-8-17/h4-12,23H,13-14H2,1-3H3. The van der Waals surface area contributed by atoms with Crippen LogP contribution in [0.4, 0.5) is 5.69 Å². The van der Waals surface area contributed by atoms with E-state index in [4.69, 9.17) is 9.26 Å². The number of hydrogen-bond acceptors (Lipinski definition) is 4. The first-order valence-corrected chi connectivity index (χ1v) is 9.39. The van der Waals surface area contributed by atoms with Gasteiger partial charge >= 0.3 is 0 Å². The van der Waals surface area contributed by atoms with Crippen LogP contribution in [0, 0.1) is 6.92 Å². The van der Waals surface area contributed by atoms with Gasteiger partial charge in [0.25, 0.3) is 0 Å². The Morgan fingerprint density at radius 1 is 1.12 bits per heavy atom. The van der Waals surface area contributed by atoms with Gasteiger partial charge in [0.1, 0.15) is 11.4 Å². The maximum absolute atomic E-state index is 5.82. The Morgan fingerprint density at radius 2 is 1.81 bits per heavy atom. The second kappa shape index (κ2) is 8.06. The van der Waals surface area contributed by atoms with Gasteiger partial charge in [-0.2, -0.15) is 0 Å². The monoisotopic (exact) mass is 414 g/mol. The Balaban J connectivity index is 1.74. The lowest BCUT2D eigenvalue weighted by Crippen LogP contribution is -2.27. The molecule has 0 bridgehead atoms. The summed E-state index contributed by atoms with van der Waals surface area (Å²) in [6.45, 7) is 4.80. The smallest absolute Gasteiger partial charge is 0.190 e. The van der Waals surface area contributed by atoms with E-state index in [2.05, 4.69) is 45.5 Å². The van der Waals surface area contributed by atoms with E-state index in [-0.39, 0.29) is 5.60 Å². The third kappa shape index (κ3) is 4.00. The van der Waals surface area contributed by atoms with Crippen molar-refractivity contribution in [2.75, 3.05) is 19.0 Å². The highest BCUT2D eigenvalue weighted by molar-refractivity contribution is 9.10. The van der Waals surface area contributed by atoms with E-state index in [0.717, 1.165) is 40.1 Å². The van der Waals surface area contributed by atoms with Crippen LogP contribution in [-0.2, 0) is 10.3 Å². The molecule has 0 spiro atoms. The molecule has 3 rings (SSSR count). The summed E-state index contributed by atoms with van der Waals surface area (Å²) in [5.41, 5.74) is 3.59. The zero-order valence-electron chi connectivity index (χ0n) is 15.3. The van der Waals surface area contributed by atoms with Gasteiger partial charge in [-0.1, -0.05) is 51.4 Å². The molecule has 1 aromatic heterocycles. The minimum absolute atomic E-state index is 0.350. The predicted molar refractivity (Wildman–Crippen MR) is 108 cm³/mol. The molecule has 0 saturated heterocycles. The van der Waals surface area contributed by atoms with Crippen LogP contribution in [0.1, 0.15) is 24.6 Å². The van der Waals surface area contributed by atoms with Crippen molar-refractivity contribution in [1.82, 2.24) is 5.16 Å². The molecule has 0 aliphatic heterocycles. The number of halogens is 1. The summed E-state index contributed by atoms with van der Waals surface area (Å²) in [6, 6.07) is 18.3. The normalized spacial score (nSPS) is 13.4. The van der Waals surface area contributed by atoms with Gasteiger partial charge in [-0.15, -0.1) is 0 Å². The lowest BCUT2D eigenvalue weighted by Gasteiger charge is -2.29. The van der Waals surface area contributed by atoms with Crippen LogP contribution in [0.15, 0.2) is 63.6 Å². The Kier molecular flexibility index (Phi) is 5.79. The Bertz CT molecular complexity index is 846. The molecule has 2 aromatic carbocycles. The number of ether oxygens (including phenoxy) is 1. The average molecular weight is 415 g/mol. The lowest BCUT2D eigenvalue weighted by atomic mass is 9.92. The first-order chi connectivity index (χ1) is 12.5. The molecule has 1 unspecified atom stereocenters. The van der Waals surface area contributed by atoms with Crippen LogP contribution in [0.2, 0.25) is 0 Å². The molecule has 26 heavy (non-hydrogen) atoms. The molecule has 4 nitrogen and oxygen atoms in total. The van der Waals surface area contributed by atoms with Gasteiger partial charge in [0.15, 0.2) is 5.76 Å². The number of nitrogens with one attached hydrogen (secondary N) is 1. The van der Waals surface area contributed by atoms with Crippen LogP contribution < -0.4 is 5.32 Å². The highest BCUT2D eigenvalue weighted by Gasteiger charge is 2.26. The number of benzene rings is 2. The van der Waals surface area contributed by atoms with E-state index < -0.39 is 0 Å². The SMILES string of the molecule is COC(C)(CCNc1c(C)noc1-c1ccc(Br)cc1)c1ccccc1. The van der Waals surface area contributed by atoms with Gasteiger partial charge in [0, 0.05) is 23.7 Å². The molecule has 0 fully saturated rings. The minimum Gasteiger partial charge on any atom is -0.380 e. The summed E-state index contributed by atoms with van der Waals surface area (Å²) in [6.07, 6.45) is 0.817. The molecule has 3 aromatic rings. The molecule has 0 amide bonds. The lowest BCUT2D eigenvalue weighted by molar-refractivity contribution is -0.00256. The quantitative estimate of drug-likeness (QED) is 0.532. The summed E-state index contributed by atoms with van der Waals surface area (Å²) in [7, 11) is 1.75. The van der Waals surface area contributed by atoms with Gasteiger partial charge in [-0.05, 0) is 50.1 Å². The first kappa shape index (κ1) is 18.7. The Labute approximate surface area is 162 Å². The van der Waals surface area contributed by atoms with E-state index in [1.165, 1.54) is 5.56 Å². The summed E-state index contributed by atoms with van der Waals surface area (Å²) in [5.74, 6) is 0.758. The van der Waals surface area contributed by atoms with Crippen LogP contribution in [0.5, 0.6) is 0 Å². The fourth-order valence-corrected chi connectivity index (χ4v) is 3.22. The Morgan fingerprint density at radius 3 is 2.46 bits per heavy atom. The maximum Gasteiger partial charge on any atom is 0.190 e.